The van der Waals surface area contributed by atoms with Crippen LogP contribution in [0, 0.1) is 29.1 Å². The number of rotatable bonds is 3. The van der Waals surface area contributed by atoms with Crippen LogP contribution >= 0.6 is 0 Å². The normalized spacial score (nSPS) is 38.6. The lowest BCUT2D eigenvalue weighted by Crippen LogP contribution is -2.36. The molecule has 18 heavy (non-hydrogen) atoms. The third-order valence-electron chi connectivity index (χ3n) is 5.03. The first kappa shape index (κ1) is 13.9. The third kappa shape index (κ3) is 2.89. The minimum Gasteiger partial charge on any atom is -0.462 e. The molecule has 0 aromatic carbocycles. The van der Waals surface area contributed by atoms with Gasteiger partial charge < -0.3 is 4.74 Å². The fourth-order valence-corrected chi connectivity index (χ4v) is 3.35. The lowest BCUT2D eigenvalue weighted by Gasteiger charge is -2.36. The minimum absolute atomic E-state index is 0.0600. The Labute approximate surface area is 111 Å². The number of esters is 1. The predicted molar refractivity (Wildman–Crippen MR) is 73.1 cm³/mol. The van der Waals surface area contributed by atoms with Crippen LogP contribution in [-0.4, -0.2) is 12.1 Å². The zero-order valence-electron chi connectivity index (χ0n) is 12.5. The van der Waals surface area contributed by atoms with E-state index in [2.05, 4.69) is 34.6 Å². The summed E-state index contributed by atoms with van der Waals surface area (Å²) in [6.45, 7) is 11.1. The maximum absolute atomic E-state index is 12.1. The van der Waals surface area contributed by atoms with Crippen molar-refractivity contribution in [2.24, 2.45) is 29.1 Å². The second kappa shape index (κ2) is 4.86. The quantitative estimate of drug-likeness (QED) is 0.709. The summed E-state index contributed by atoms with van der Waals surface area (Å²) in [6, 6.07) is 0. The Hall–Kier alpha value is -0.530. The summed E-state index contributed by atoms with van der Waals surface area (Å²) in [5.41, 5.74) is 0.185. The zero-order chi connectivity index (χ0) is 13.5. The maximum atomic E-state index is 12.1. The summed E-state index contributed by atoms with van der Waals surface area (Å²) in [5, 5.41) is 0. The second-order valence-corrected chi connectivity index (χ2v) is 7.55. The summed E-state index contributed by atoms with van der Waals surface area (Å²) in [7, 11) is 0. The maximum Gasteiger partial charge on any atom is 0.309 e. The first-order chi connectivity index (χ1) is 8.31. The Morgan fingerprint density at radius 3 is 2.39 bits per heavy atom. The van der Waals surface area contributed by atoms with Crippen LogP contribution in [0.4, 0.5) is 0 Å². The molecule has 2 aliphatic rings. The summed E-state index contributed by atoms with van der Waals surface area (Å²) in [4.78, 5) is 12.1. The summed E-state index contributed by atoms with van der Waals surface area (Å²) >= 11 is 0. The molecule has 0 heterocycles. The van der Waals surface area contributed by atoms with Gasteiger partial charge in [-0.05, 0) is 42.4 Å². The monoisotopic (exact) mass is 252 g/mol. The van der Waals surface area contributed by atoms with Crippen LogP contribution in [0.1, 0.15) is 60.3 Å². The SMILES string of the molecule is CC1CCC(C(C)C)C(OC(=O)C2CC2(C)C)C1. The highest BCUT2D eigenvalue weighted by Gasteiger charge is 2.52. The smallest absolute Gasteiger partial charge is 0.309 e. The predicted octanol–water partition coefficient (Wildman–Crippen LogP) is 4.04. The second-order valence-electron chi connectivity index (χ2n) is 7.55. The van der Waals surface area contributed by atoms with Crippen LogP contribution < -0.4 is 0 Å². The van der Waals surface area contributed by atoms with E-state index < -0.39 is 0 Å². The van der Waals surface area contributed by atoms with E-state index in [1.54, 1.807) is 0 Å². The Kier molecular flexibility index (Phi) is 3.75. The minimum atomic E-state index is 0.0600. The van der Waals surface area contributed by atoms with Crippen LogP contribution in [-0.2, 0) is 9.53 Å². The van der Waals surface area contributed by atoms with E-state index >= 15 is 0 Å². The van der Waals surface area contributed by atoms with Gasteiger partial charge in [0.15, 0.2) is 0 Å². The van der Waals surface area contributed by atoms with E-state index in [4.69, 9.17) is 4.74 Å². The third-order valence-corrected chi connectivity index (χ3v) is 5.03. The number of hydrogen-bond acceptors (Lipinski definition) is 2. The van der Waals surface area contributed by atoms with E-state index in [1.165, 1.54) is 12.8 Å². The molecule has 4 atom stereocenters. The standard InChI is InChI=1S/C16H28O2/c1-10(2)12-7-6-11(3)8-14(12)18-15(17)13-9-16(13,4)5/h10-14H,6-9H2,1-5H3. The Morgan fingerprint density at radius 2 is 1.89 bits per heavy atom. The Balaban J connectivity index is 1.94. The molecule has 0 aromatic rings. The van der Waals surface area contributed by atoms with Crippen molar-refractivity contribution in [3.63, 3.8) is 0 Å². The number of hydrogen-bond donors (Lipinski definition) is 0. The Morgan fingerprint density at radius 1 is 1.28 bits per heavy atom. The molecule has 0 aromatic heterocycles. The van der Waals surface area contributed by atoms with Crippen molar-refractivity contribution >= 4 is 5.97 Å². The largest absolute Gasteiger partial charge is 0.462 e. The first-order valence-electron chi connectivity index (χ1n) is 7.51. The van der Waals surface area contributed by atoms with Gasteiger partial charge in [0.2, 0.25) is 0 Å². The number of ether oxygens (including phenoxy) is 1. The molecule has 0 N–H and O–H groups in total. The molecule has 104 valence electrons. The molecule has 0 saturated heterocycles. The lowest BCUT2D eigenvalue weighted by atomic mass is 9.75. The molecule has 0 spiro atoms. The molecule has 4 unspecified atom stereocenters. The molecule has 2 rings (SSSR count). The molecule has 0 aliphatic heterocycles. The van der Waals surface area contributed by atoms with E-state index in [-0.39, 0.29) is 23.4 Å². The number of carbonyl (C=O) groups is 1. The van der Waals surface area contributed by atoms with Crippen LogP contribution in [0.25, 0.3) is 0 Å². The fourth-order valence-electron chi connectivity index (χ4n) is 3.35. The molecule has 2 saturated carbocycles. The highest BCUT2D eigenvalue weighted by molar-refractivity contribution is 5.76. The average Bonchev–Trinajstić information content (AvgIpc) is 2.87. The van der Waals surface area contributed by atoms with Gasteiger partial charge in [0.25, 0.3) is 0 Å². The van der Waals surface area contributed by atoms with Crippen molar-refractivity contribution in [2.75, 3.05) is 0 Å². The van der Waals surface area contributed by atoms with Gasteiger partial charge in [-0.25, -0.2) is 0 Å². The molecule has 2 nitrogen and oxygen atoms in total. The fraction of sp³-hybridized carbons (Fsp3) is 0.938. The highest BCUT2D eigenvalue weighted by Crippen LogP contribution is 2.52. The summed E-state index contributed by atoms with van der Waals surface area (Å²) in [5.74, 6) is 2.09. The van der Waals surface area contributed by atoms with Gasteiger partial charge in [0.1, 0.15) is 6.10 Å². The molecular formula is C16H28O2. The van der Waals surface area contributed by atoms with E-state index in [1.807, 2.05) is 0 Å². The molecule has 2 fully saturated rings. The van der Waals surface area contributed by atoms with Gasteiger partial charge in [0, 0.05) is 0 Å². The van der Waals surface area contributed by atoms with Gasteiger partial charge in [-0.2, -0.15) is 0 Å². The number of carbonyl (C=O) groups excluding carboxylic acids is 1. The van der Waals surface area contributed by atoms with Crippen molar-refractivity contribution in [3.05, 3.63) is 0 Å². The van der Waals surface area contributed by atoms with Crippen LogP contribution in [0.5, 0.6) is 0 Å². The molecule has 0 bridgehead atoms. The molecule has 2 heteroatoms. The van der Waals surface area contributed by atoms with Crippen molar-refractivity contribution in [1.82, 2.24) is 0 Å². The van der Waals surface area contributed by atoms with Crippen molar-refractivity contribution < 1.29 is 9.53 Å². The average molecular weight is 252 g/mol. The van der Waals surface area contributed by atoms with Gasteiger partial charge in [-0.15, -0.1) is 0 Å². The van der Waals surface area contributed by atoms with Crippen molar-refractivity contribution in [3.8, 4) is 0 Å². The van der Waals surface area contributed by atoms with Gasteiger partial charge in [-0.3, -0.25) is 4.79 Å². The summed E-state index contributed by atoms with van der Waals surface area (Å²) in [6.07, 6.45) is 4.72. The van der Waals surface area contributed by atoms with Crippen LogP contribution in [0.2, 0.25) is 0 Å². The van der Waals surface area contributed by atoms with Crippen molar-refractivity contribution in [2.45, 2.75) is 66.4 Å². The van der Waals surface area contributed by atoms with Crippen molar-refractivity contribution in [1.29, 1.82) is 0 Å². The Bertz CT molecular complexity index is 319. The molecule has 0 radical (unpaired) electrons. The van der Waals surface area contributed by atoms with Crippen LogP contribution in [0.3, 0.4) is 0 Å². The van der Waals surface area contributed by atoms with Gasteiger partial charge in [0.05, 0.1) is 5.92 Å². The zero-order valence-corrected chi connectivity index (χ0v) is 12.5. The highest BCUT2D eigenvalue weighted by atomic mass is 16.5. The van der Waals surface area contributed by atoms with Gasteiger partial charge >= 0.3 is 5.97 Å². The van der Waals surface area contributed by atoms with E-state index in [9.17, 15) is 4.79 Å². The lowest BCUT2D eigenvalue weighted by molar-refractivity contribution is -0.158. The molecule has 0 amide bonds. The first-order valence-corrected chi connectivity index (χ1v) is 7.51. The van der Waals surface area contributed by atoms with Gasteiger partial charge in [-0.1, -0.05) is 41.0 Å². The topological polar surface area (TPSA) is 26.3 Å². The molecule has 2 aliphatic carbocycles. The molecular weight excluding hydrogens is 224 g/mol. The van der Waals surface area contributed by atoms with E-state index in [0.717, 1.165) is 12.8 Å². The van der Waals surface area contributed by atoms with Crippen LogP contribution in [0.15, 0.2) is 0 Å². The van der Waals surface area contributed by atoms with E-state index in [0.29, 0.717) is 17.8 Å². The summed E-state index contributed by atoms with van der Waals surface area (Å²) < 4.78 is 5.86.